The van der Waals surface area contributed by atoms with Gasteiger partial charge in [0.2, 0.25) is 0 Å². The minimum absolute atomic E-state index is 0.132. The van der Waals surface area contributed by atoms with E-state index in [1.807, 2.05) is 18.2 Å². The molecule has 1 fully saturated rings. The summed E-state index contributed by atoms with van der Waals surface area (Å²) in [6.07, 6.45) is 5.48. The van der Waals surface area contributed by atoms with E-state index in [0.29, 0.717) is 6.54 Å². The van der Waals surface area contributed by atoms with Crippen LogP contribution in [0.5, 0.6) is 0 Å². The first-order valence-corrected chi connectivity index (χ1v) is 7.29. The van der Waals surface area contributed by atoms with Gasteiger partial charge in [0.15, 0.2) is 0 Å². The van der Waals surface area contributed by atoms with Crippen molar-refractivity contribution in [2.45, 2.75) is 31.7 Å². The molecular weight excluding hydrogens is 236 g/mol. The van der Waals surface area contributed by atoms with Crippen molar-refractivity contribution < 1.29 is 4.42 Å². The van der Waals surface area contributed by atoms with Crippen LogP contribution in [0, 0.1) is 5.92 Å². The van der Waals surface area contributed by atoms with E-state index in [1.165, 1.54) is 25.7 Å². The molecule has 0 bridgehead atoms. The number of nitrogens with two attached hydrogens (primary N) is 1. The zero-order chi connectivity index (χ0) is 13.1. The first kappa shape index (κ1) is 12.7. The topological polar surface area (TPSA) is 51.2 Å². The van der Waals surface area contributed by atoms with Crippen molar-refractivity contribution in [3.05, 3.63) is 36.1 Å². The van der Waals surface area contributed by atoms with E-state index in [0.717, 1.165) is 29.2 Å². The molecule has 1 aliphatic carbocycles. The summed E-state index contributed by atoms with van der Waals surface area (Å²) in [7, 11) is 0. The SMILES string of the molecule is NCC(NCCC1CCC1)c1cc2ccccc2o1. The van der Waals surface area contributed by atoms with Crippen molar-refractivity contribution in [1.82, 2.24) is 5.32 Å². The van der Waals surface area contributed by atoms with Crippen molar-refractivity contribution in [3.8, 4) is 0 Å². The zero-order valence-electron chi connectivity index (χ0n) is 11.3. The number of benzene rings is 1. The lowest BCUT2D eigenvalue weighted by atomic mass is 9.83. The van der Waals surface area contributed by atoms with Gasteiger partial charge in [0.05, 0.1) is 6.04 Å². The highest BCUT2D eigenvalue weighted by molar-refractivity contribution is 5.77. The van der Waals surface area contributed by atoms with Gasteiger partial charge in [-0.3, -0.25) is 0 Å². The molecule has 1 saturated carbocycles. The Kier molecular flexibility index (Phi) is 3.85. The first-order valence-electron chi connectivity index (χ1n) is 7.29. The Morgan fingerprint density at radius 3 is 2.84 bits per heavy atom. The lowest BCUT2D eigenvalue weighted by Gasteiger charge is -2.26. The van der Waals surface area contributed by atoms with Gasteiger partial charge in [0.1, 0.15) is 11.3 Å². The van der Waals surface area contributed by atoms with Crippen LogP contribution in [0.3, 0.4) is 0 Å². The normalized spacial score (nSPS) is 17.5. The van der Waals surface area contributed by atoms with E-state index in [-0.39, 0.29) is 6.04 Å². The van der Waals surface area contributed by atoms with Crippen molar-refractivity contribution in [2.24, 2.45) is 11.7 Å². The Hall–Kier alpha value is -1.32. The molecule has 3 rings (SSSR count). The van der Waals surface area contributed by atoms with E-state index in [4.69, 9.17) is 10.2 Å². The van der Waals surface area contributed by atoms with Gasteiger partial charge < -0.3 is 15.5 Å². The van der Waals surface area contributed by atoms with Crippen LogP contribution in [0.4, 0.5) is 0 Å². The van der Waals surface area contributed by atoms with Gasteiger partial charge in [-0.15, -0.1) is 0 Å². The fourth-order valence-corrected chi connectivity index (χ4v) is 2.72. The van der Waals surface area contributed by atoms with Crippen LogP contribution in [0.25, 0.3) is 11.0 Å². The third kappa shape index (κ3) is 2.82. The van der Waals surface area contributed by atoms with Gasteiger partial charge in [0.25, 0.3) is 0 Å². The Labute approximate surface area is 114 Å². The van der Waals surface area contributed by atoms with E-state index in [1.54, 1.807) is 0 Å². The largest absolute Gasteiger partial charge is 0.459 e. The molecule has 1 unspecified atom stereocenters. The summed E-state index contributed by atoms with van der Waals surface area (Å²) in [5.41, 5.74) is 6.81. The fraction of sp³-hybridized carbons (Fsp3) is 0.500. The Bertz CT molecular complexity index is 497. The maximum Gasteiger partial charge on any atom is 0.134 e. The number of hydrogen-bond acceptors (Lipinski definition) is 3. The van der Waals surface area contributed by atoms with E-state index < -0.39 is 0 Å². The molecule has 0 radical (unpaired) electrons. The highest BCUT2D eigenvalue weighted by Gasteiger charge is 2.18. The van der Waals surface area contributed by atoms with Crippen LogP contribution in [0.1, 0.15) is 37.5 Å². The molecule has 19 heavy (non-hydrogen) atoms. The van der Waals surface area contributed by atoms with Crippen LogP contribution in [0.2, 0.25) is 0 Å². The van der Waals surface area contributed by atoms with Gasteiger partial charge in [0, 0.05) is 11.9 Å². The van der Waals surface area contributed by atoms with Gasteiger partial charge >= 0.3 is 0 Å². The minimum atomic E-state index is 0.132. The summed E-state index contributed by atoms with van der Waals surface area (Å²) in [5.74, 6) is 1.89. The molecule has 1 atom stereocenters. The molecule has 1 heterocycles. The Balaban J connectivity index is 1.63. The van der Waals surface area contributed by atoms with E-state index in [9.17, 15) is 0 Å². The Morgan fingerprint density at radius 1 is 1.32 bits per heavy atom. The second-order valence-corrected chi connectivity index (χ2v) is 5.51. The molecule has 0 saturated heterocycles. The number of hydrogen-bond donors (Lipinski definition) is 2. The second-order valence-electron chi connectivity index (χ2n) is 5.51. The smallest absolute Gasteiger partial charge is 0.134 e. The first-order chi connectivity index (χ1) is 9.36. The molecule has 2 aromatic rings. The Morgan fingerprint density at radius 2 is 2.16 bits per heavy atom. The number of furan rings is 1. The van der Waals surface area contributed by atoms with E-state index >= 15 is 0 Å². The van der Waals surface area contributed by atoms with Gasteiger partial charge in [-0.2, -0.15) is 0 Å². The maximum atomic E-state index is 5.88. The second kappa shape index (κ2) is 5.76. The fourth-order valence-electron chi connectivity index (χ4n) is 2.72. The zero-order valence-corrected chi connectivity index (χ0v) is 11.3. The third-order valence-electron chi connectivity index (χ3n) is 4.19. The van der Waals surface area contributed by atoms with Crippen molar-refractivity contribution in [1.29, 1.82) is 0 Å². The molecule has 0 aliphatic heterocycles. The average Bonchev–Trinajstić information content (AvgIpc) is 2.80. The minimum Gasteiger partial charge on any atom is -0.459 e. The van der Waals surface area contributed by atoms with Crippen molar-refractivity contribution in [2.75, 3.05) is 13.1 Å². The molecule has 102 valence electrons. The summed E-state index contributed by atoms with van der Waals surface area (Å²) in [5, 5.41) is 4.68. The summed E-state index contributed by atoms with van der Waals surface area (Å²) in [6.45, 7) is 1.61. The third-order valence-corrected chi connectivity index (χ3v) is 4.19. The van der Waals surface area contributed by atoms with Crippen LogP contribution in [-0.4, -0.2) is 13.1 Å². The van der Waals surface area contributed by atoms with Gasteiger partial charge in [-0.05, 0) is 31.0 Å². The average molecular weight is 258 g/mol. The molecular formula is C16H22N2O. The molecule has 3 N–H and O–H groups in total. The van der Waals surface area contributed by atoms with Gasteiger partial charge in [-0.25, -0.2) is 0 Å². The van der Waals surface area contributed by atoms with Crippen LogP contribution in [-0.2, 0) is 0 Å². The number of para-hydroxylation sites is 1. The van der Waals surface area contributed by atoms with Crippen LogP contribution >= 0.6 is 0 Å². The molecule has 1 aromatic heterocycles. The summed E-state index contributed by atoms with van der Waals surface area (Å²) in [6, 6.07) is 10.3. The molecule has 3 heteroatoms. The highest BCUT2D eigenvalue weighted by Crippen LogP contribution is 2.29. The summed E-state index contributed by atoms with van der Waals surface area (Å²) in [4.78, 5) is 0. The maximum absolute atomic E-state index is 5.88. The standard InChI is InChI=1S/C16H22N2O/c17-11-14(18-9-8-12-4-3-5-12)16-10-13-6-1-2-7-15(13)19-16/h1-2,6-7,10,12,14,18H,3-5,8-9,11,17H2. The van der Waals surface area contributed by atoms with Crippen molar-refractivity contribution >= 4 is 11.0 Å². The predicted octanol–water partition coefficient (Wildman–Crippen LogP) is 3.21. The van der Waals surface area contributed by atoms with Crippen molar-refractivity contribution in [3.63, 3.8) is 0 Å². The summed E-state index contributed by atoms with van der Waals surface area (Å²) >= 11 is 0. The number of nitrogens with one attached hydrogen (secondary N) is 1. The van der Waals surface area contributed by atoms with Crippen LogP contribution < -0.4 is 11.1 Å². The molecule has 3 nitrogen and oxygen atoms in total. The van der Waals surface area contributed by atoms with Gasteiger partial charge in [-0.1, -0.05) is 37.5 Å². The van der Waals surface area contributed by atoms with E-state index in [2.05, 4.69) is 17.4 Å². The number of rotatable bonds is 6. The molecule has 1 aliphatic rings. The number of fused-ring (bicyclic) bond motifs is 1. The lowest BCUT2D eigenvalue weighted by Crippen LogP contribution is -2.30. The van der Waals surface area contributed by atoms with Crippen LogP contribution in [0.15, 0.2) is 34.7 Å². The molecule has 1 aromatic carbocycles. The quantitative estimate of drug-likeness (QED) is 0.836. The molecule has 0 spiro atoms. The molecule has 0 amide bonds. The highest BCUT2D eigenvalue weighted by atomic mass is 16.3. The summed E-state index contributed by atoms with van der Waals surface area (Å²) < 4.78 is 5.88. The predicted molar refractivity (Wildman–Crippen MR) is 78.0 cm³/mol. The lowest BCUT2D eigenvalue weighted by molar-refractivity contribution is 0.285. The monoisotopic (exact) mass is 258 g/mol.